The second-order valence-electron chi connectivity index (χ2n) is 5.07. The Labute approximate surface area is 115 Å². The normalized spacial score (nSPS) is 11.1. The molecule has 0 unspecified atom stereocenters. The third-order valence-corrected chi connectivity index (χ3v) is 3.36. The zero-order valence-electron chi connectivity index (χ0n) is 12.0. The van der Waals surface area contributed by atoms with Crippen molar-refractivity contribution >= 4 is 11.6 Å². The highest BCUT2D eigenvalue weighted by Gasteiger charge is 2.03. The van der Waals surface area contributed by atoms with Crippen LogP contribution >= 0.6 is 0 Å². The van der Waals surface area contributed by atoms with Crippen LogP contribution in [0.25, 0.3) is 5.65 Å². The summed E-state index contributed by atoms with van der Waals surface area (Å²) >= 11 is 0. The molecule has 0 atom stereocenters. The number of aromatic nitrogens is 3. The predicted octanol–water partition coefficient (Wildman–Crippen LogP) is 3.81. The van der Waals surface area contributed by atoms with E-state index in [2.05, 4.69) is 22.3 Å². The third kappa shape index (κ3) is 3.94. The Bertz CT molecular complexity index is 504. The van der Waals surface area contributed by atoms with Gasteiger partial charge in [0.15, 0.2) is 5.65 Å². The molecule has 0 aromatic carbocycles. The number of pyridine rings is 1. The second kappa shape index (κ2) is 7.12. The summed E-state index contributed by atoms with van der Waals surface area (Å²) in [5.41, 5.74) is 2.02. The standard InChI is InChI=1S/C15H24N4/c1-3-4-5-6-7-8-12-16-15-17-14-11-9-10-13(2)19(14)18-15/h9-11H,3-8,12H2,1-2H3,(H,16,18). The molecule has 0 radical (unpaired) electrons. The van der Waals surface area contributed by atoms with E-state index in [9.17, 15) is 0 Å². The Morgan fingerprint density at radius 1 is 1.11 bits per heavy atom. The van der Waals surface area contributed by atoms with E-state index in [1.165, 1.54) is 38.5 Å². The summed E-state index contributed by atoms with van der Waals surface area (Å²) < 4.78 is 1.88. The van der Waals surface area contributed by atoms with E-state index in [-0.39, 0.29) is 0 Å². The predicted molar refractivity (Wildman–Crippen MR) is 79.6 cm³/mol. The van der Waals surface area contributed by atoms with Gasteiger partial charge in [-0.2, -0.15) is 4.98 Å². The number of hydrogen-bond acceptors (Lipinski definition) is 3. The van der Waals surface area contributed by atoms with Crippen molar-refractivity contribution in [2.24, 2.45) is 0 Å². The number of nitrogens with one attached hydrogen (secondary N) is 1. The van der Waals surface area contributed by atoms with E-state index in [0.717, 1.165) is 23.8 Å². The SMILES string of the molecule is CCCCCCCCNc1nc2cccc(C)n2n1. The topological polar surface area (TPSA) is 42.2 Å². The van der Waals surface area contributed by atoms with Gasteiger partial charge in [0.1, 0.15) is 0 Å². The maximum atomic E-state index is 4.46. The van der Waals surface area contributed by atoms with Crippen LogP contribution in [0.3, 0.4) is 0 Å². The quantitative estimate of drug-likeness (QED) is 0.734. The van der Waals surface area contributed by atoms with Gasteiger partial charge in [-0.15, -0.1) is 5.10 Å². The fourth-order valence-corrected chi connectivity index (χ4v) is 2.22. The number of fused-ring (bicyclic) bond motifs is 1. The molecule has 1 N–H and O–H groups in total. The molecule has 104 valence electrons. The monoisotopic (exact) mass is 260 g/mol. The van der Waals surface area contributed by atoms with E-state index in [1.807, 2.05) is 29.6 Å². The Morgan fingerprint density at radius 2 is 1.89 bits per heavy atom. The van der Waals surface area contributed by atoms with Crippen molar-refractivity contribution in [3.8, 4) is 0 Å². The van der Waals surface area contributed by atoms with Crippen molar-refractivity contribution in [2.75, 3.05) is 11.9 Å². The van der Waals surface area contributed by atoms with Crippen molar-refractivity contribution in [1.29, 1.82) is 0 Å². The van der Waals surface area contributed by atoms with Crippen LogP contribution in [0.1, 0.15) is 51.1 Å². The first-order chi connectivity index (χ1) is 9.31. The van der Waals surface area contributed by atoms with E-state index < -0.39 is 0 Å². The van der Waals surface area contributed by atoms with Gasteiger partial charge < -0.3 is 5.32 Å². The minimum Gasteiger partial charge on any atom is -0.353 e. The third-order valence-electron chi connectivity index (χ3n) is 3.36. The van der Waals surface area contributed by atoms with Crippen LogP contribution in [0, 0.1) is 6.92 Å². The molecule has 2 aromatic heterocycles. The fourth-order valence-electron chi connectivity index (χ4n) is 2.22. The van der Waals surface area contributed by atoms with E-state index in [1.54, 1.807) is 0 Å². The zero-order chi connectivity index (χ0) is 13.5. The summed E-state index contributed by atoms with van der Waals surface area (Å²) in [5.74, 6) is 0.739. The van der Waals surface area contributed by atoms with Gasteiger partial charge in [-0.3, -0.25) is 0 Å². The minimum atomic E-state index is 0.739. The van der Waals surface area contributed by atoms with Gasteiger partial charge >= 0.3 is 0 Å². The molecular formula is C15H24N4. The van der Waals surface area contributed by atoms with Crippen LogP contribution in [0.2, 0.25) is 0 Å². The van der Waals surface area contributed by atoms with Gasteiger partial charge in [0.05, 0.1) is 0 Å². The molecule has 0 amide bonds. The molecule has 0 fully saturated rings. The number of hydrogen-bond donors (Lipinski definition) is 1. The molecule has 2 rings (SSSR count). The first kappa shape index (κ1) is 13.8. The number of rotatable bonds is 8. The van der Waals surface area contributed by atoms with Gasteiger partial charge in [-0.05, 0) is 25.5 Å². The number of anilines is 1. The average Bonchev–Trinajstić information content (AvgIpc) is 2.82. The summed E-state index contributed by atoms with van der Waals surface area (Å²) in [6.45, 7) is 5.25. The van der Waals surface area contributed by atoms with E-state index >= 15 is 0 Å². The van der Waals surface area contributed by atoms with E-state index in [4.69, 9.17) is 0 Å². The summed E-state index contributed by atoms with van der Waals surface area (Å²) in [5, 5.41) is 7.76. The maximum absolute atomic E-state index is 4.46. The molecule has 2 aromatic rings. The van der Waals surface area contributed by atoms with Crippen LogP contribution in [-0.4, -0.2) is 21.1 Å². The van der Waals surface area contributed by atoms with Crippen LogP contribution < -0.4 is 5.32 Å². The van der Waals surface area contributed by atoms with Crippen molar-refractivity contribution < 1.29 is 0 Å². The molecule has 0 aliphatic carbocycles. The molecule has 0 spiro atoms. The Balaban J connectivity index is 1.74. The zero-order valence-corrected chi connectivity index (χ0v) is 12.0. The summed E-state index contributed by atoms with van der Waals surface area (Å²) in [7, 11) is 0. The Kier molecular flexibility index (Phi) is 5.19. The number of aryl methyl sites for hydroxylation is 1. The molecule has 4 heteroatoms. The molecule has 0 saturated carbocycles. The maximum Gasteiger partial charge on any atom is 0.243 e. The number of unbranched alkanes of at least 4 members (excludes halogenated alkanes) is 5. The van der Waals surface area contributed by atoms with Crippen molar-refractivity contribution in [1.82, 2.24) is 14.6 Å². The minimum absolute atomic E-state index is 0.739. The Hall–Kier alpha value is -1.58. The molecule has 0 saturated heterocycles. The molecule has 19 heavy (non-hydrogen) atoms. The van der Waals surface area contributed by atoms with Gasteiger partial charge in [0.25, 0.3) is 0 Å². The smallest absolute Gasteiger partial charge is 0.243 e. The van der Waals surface area contributed by atoms with Gasteiger partial charge in [-0.25, -0.2) is 4.52 Å². The summed E-state index contributed by atoms with van der Waals surface area (Å²) in [6.07, 6.45) is 7.86. The lowest BCUT2D eigenvalue weighted by atomic mass is 10.1. The van der Waals surface area contributed by atoms with Crippen LogP contribution in [-0.2, 0) is 0 Å². The second-order valence-corrected chi connectivity index (χ2v) is 5.07. The lowest BCUT2D eigenvalue weighted by Crippen LogP contribution is -2.03. The first-order valence-electron chi connectivity index (χ1n) is 7.37. The number of nitrogens with zero attached hydrogens (tertiary/aromatic N) is 3. The molecular weight excluding hydrogens is 236 g/mol. The molecule has 0 bridgehead atoms. The lowest BCUT2D eigenvalue weighted by Gasteiger charge is -2.01. The first-order valence-corrected chi connectivity index (χ1v) is 7.37. The largest absolute Gasteiger partial charge is 0.353 e. The fraction of sp³-hybridized carbons (Fsp3) is 0.600. The molecule has 2 heterocycles. The molecule has 0 aliphatic rings. The van der Waals surface area contributed by atoms with Crippen LogP contribution in [0.4, 0.5) is 5.95 Å². The summed E-state index contributed by atoms with van der Waals surface area (Å²) in [4.78, 5) is 4.46. The Morgan fingerprint density at radius 3 is 2.68 bits per heavy atom. The van der Waals surface area contributed by atoms with Crippen LogP contribution in [0.5, 0.6) is 0 Å². The van der Waals surface area contributed by atoms with Gasteiger partial charge in [0.2, 0.25) is 5.95 Å². The highest BCUT2D eigenvalue weighted by molar-refractivity contribution is 5.44. The molecule has 4 nitrogen and oxygen atoms in total. The highest BCUT2D eigenvalue weighted by atomic mass is 15.3. The molecule has 0 aliphatic heterocycles. The summed E-state index contributed by atoms with van der Waals surface area (Å²) in [6, 6.07) is 6.03. The lowest BCUT2D eigenvalue weighted by molar-refractivity contribution is 0.616. The average molecular weight is 260 g/mol. The highest BCUT2D eigenvalue weighted by Crippen LogP contribution is 2.09. The van der Waals surface area contributed by atoms with Gasteiger partial charge in [0, 0.05) is 12.2 Å². The van der Waals surface area contributed by atoms with Crippen molar-refractivity contribution in [3.63, 3.8) is 0 Å². The van der Waals surface area contributed by atoms with Crippen molar-refractivity contribution in [2.45, 2.75) is 52.4 Å². The van der Waals surface area contributed by atoms with Gasteiger partial charge in [-0.1, -0.05) is 45.1 Å². The van der Waals surface area contributed by atoms with Crippen molar-refractivity contribution in [3.05, 3.63) is 23.9 Å². The van der Waals surface area contributed by atoms with E-state index in [0.29, 0.717) is 0 Å². The van der Waals surface area contributed by atoms with Crippen LogP contribution in [0.15, 0.2) is 18.2 Å².